The third-order valence-corrected chi connectivity index (χ3v) is 2.64. The van der Waals surface area contributed by atoms with Crippen LogP contribution in [0.5, 0.6) is 0 Å². The molecule has 0 bridgehead atoms. The molecule has 1 aromatic rings. The van der Waals surface area contributed by atoms with E-state index in [1.807, 2.05) is 6.92 Å². The zero-order valence-corrected chi connectivity index (χ0v) is 10.6. The van der Waals surface area contributed by atoms with Crippen molar-refractivity contribution in [1.82, 2.24) is 10.2 Å². The first kappa shape index (κ1) is 14.5. The molecule has 18 heavy (non-hydrogen) atoms. The molecule has 0 unspecified atom stereocenters. The molecule has 0 saturated carbocycles. The van der Waals surface area contributed by atoms with Crippen LogP contribution in [0.15, 0.2) is 16.5 Å². The summed E-state index contributed by atoms with van der Waals surface area (Å²) in [7, 11) is 0. The number of amides is 1. The Kier molecular flexibility index (Phi) is 4.69. The first-order chi connectivity index (χ1) is 8.08. The second kappa shape index (κ2) is 5.83. The van der Waals surface area contributed by atoms with Crippen LogP contribution < -0.4 is 5.32 Å². The van der Waals surface area contributed by atoms with Gasteiger partial charge >= 0.3 is 5.88 Å². The SMILES string of the molecule is C[C@@H]1CN(C(=O)c2ccc([N+](=O)[O-])o2)CCN1.Cl. The molecule has 0 aliphatic carbocycles. The average molecular weight is 276 g/mol. The first-order valence-corrected chi connectivity index (χ1v) is 5.35. The Bertz CT molecular complexity index is 448. The predicted molar refractivity (Wildman–Crippen MR) is 66.0 cm³/mol. The number of nitrogens with zero attached hydrogens (tertiary/aromatic N) is 2. The van der Waals surface area contributed by atoms with E-state index >= 15 is 0 Å². The van der Waals surface area contributed by atoms with Crippen LogP contribution in [0, 0.1) is 10.1 Å². The van der Waals surface area contributed by atoms with Crippen LogP contribution in [0.25, 0.3) is 0 Å². The molecule has 1 aliphatic rings. The number of rotatable bonds is 2. The van der Waals surface area contributed by atoms with Crippen LogP contribution >= 0.6 is 12.4 Å². The fourth-order valence-electron chi connectivity index (χ4n) is 1.81. The van der Waals surface area contributed by atoms with Gasteiger partial charge in [-0.15, -0.1) is 12.4 Å². The third-order valence-electron chi connectivity index (χ3n) is 2.64. The zero-order valence-electron chi connectivity index (χ0n) is 9.79. The molecule has 1 fully saturated rings. The zero-order chi connectivity index (χ0) is 12.4. The topological polar surface area (TPSA) is 88.6 Å². The number of carbonyl (C=O) groups is 1. The molecule has 0 aromatic carbocycles. The Hall–Kier alpha value is -1.60. The molecule has 100 valence electrons. The summed E-state index contributed by atoms with van der Waals surface area (Å²) in [4.78, 5) is 23.4. The average Bonchev–Trinajstić information content (AvgIpc) is 2.77. The molecular weight excluding hydrogens is 262 g/mol. The van der Waals surface area contributed by atoms with E-state index in [0.29, 0.717) is 13.1 Å². The fraction of sp³-hybridized carbons (Fsp3) is 0.500. The number of hydrogen-bond acceptors (Lipinski definition) is 5. The van der Waals surface area contributed by atoms with Gasteiger partial charge in [0.25, 0.3) is 5.91 Å². The van der Waals surface area contributed by atoms with E-state index in [1.165, 1.54) is 12.1 Å². The van der Waals surface area contributed by atoms with Gasteiger partial charge in [-0.05, 0) is 13.0 Å². The second-order valence-electron chi connectivity index (χ2n) is 4.00. The maximum absolute atomic E-state index is 12.0. The van der Waals surface area contributed by atoms with Crippen molar-refractivity contribution >= 4 is 24.2 Å². The van der Waals surface area contributed by atoms with Crippen LogP contribution in [0.1, 0.15) is 17.5 Å². The monoisotopic (exact) mass is 275 g/mol. The molecule has 1 aromatic heterocycles. The largest absolute Gasteiger partial charge is 0.433 e. The van der Waals surface area contributed by atoms with Crippen LogP contribution in [0.4, 0.5) is 5.88 Å². The highest BCUT2D eigenvalue weighted by Gasteiger charge is 2.25. The van der Waals surface area contributed by atoms with Gasteiger partial charge in [-0.2, -0.15) is 0 Å². The van der Waals surface area contributed by atoms with Crippen LogP contribution in [-0.4, -0.2) is 41.4 Å². The summed E-state index contributed by atoms with van der Waals surface area (Å²) in [5.74, 6) is -0.686. The summed E-state index contributed by atoms with van der Waals surface area (Å²) >= 11 is 0. The molecule has 2 heterocycles. The lowest BCUT2D eigenvalue weighted by atomic mass is 10.2. The summed E-state index contributed by atoms with van der Waals surface area (Å²) in [6.45, 7) is 3.85. The van der Waals surface area contributed by atoms with E-state index in [4.69, 9.17) is 4.42 Å². The summed E-state index contributed by atoms with van der Waals surface area (Å²) in [5, 5.41) is 13.7. The molecule has 1 N–H and O–H groups in total. The number of hydrogen-bond donors (Lipinski definition) is 1. The lowest BCUT2D eigenvalue weighted by Gasteiger charge is -2.31. The lowest BCUT2D eigenvalue weighted by Crippen LogP contribution is -2.51. The number of piperazine rings is 1. The van der Waals surface area contributed by atoms with Crippen molar-refractivity contribution in [3.05, 3.63) is 28.0 Å². The van der Waals surface area contributed by atoms with Gasteiger partial charge in [-0.3, -0.25) is 14.9 Å². The van der Waals surface area contributed by atoms with Crippen molar-refractivity contribution in [1.29, 1.82) is 0 Å². The molecule has 8 heteroatoms. The minimum atomic E-state index is -0.656. The molecule has 1 aliphatic heterocycles. The highest BCUT2D eigenvalue weighted by molar-refractivity contribution is 5.91. The van der Waals surface area contributed by atoms with Gasteiger partial charge in [-0.1, -0.05) is 0 Å². The van der Waals surface area contributed by atoms with E-state index in [1.54, 1.807) is 4.90 Å². The van der Waals surface area contributed by atoms with Crippen molar-refractivity contribution in [3.63, 3.8) is 0 Å². The highest BCUT2D eigenvalue weighted by Crippen LogP contribution is 2.17. The Balaban J connectivity index is 0.00000162. The Morgan fingerprint density at radius 2 is 2.33 bits per heavy atom. The number of carbonyl (C=O) groups excluding carboxylic acids is 1. The minimum absolute atomic E-state index is 0. The van der Waals surface area contributed by atoms with Gasteiger partial charge in [0.05, 0.1) is 6.07 Å². The molecule has 0 spiro atoms. The van der Waals surface area contributed by atoms with Crippen molar-refractivity contribution in [2.45, 2.75) is 13.0 Å². The molecule has 1 amide bonds. The smallest absolute Gasteiger partial charge is 0.395 e. The number of nitrogens with one attached hydrogen (secondary N) is 1. The number of nitro groups is 1. The Morgan fingerprint density at radius 3 is 2.89 bits per heavy atom. The number of furan rings is 1. The third kappa shape index (κ3) is 2.99. The predicted octanol–water partition coefficient (Wildman–Crippen LogP) is 1.04. The van der Waals surface area contributed by atoms with Crippen molar-refractivity contribution < 1.29 is 14.1 Å². The van der Waals surface area contributed by atoms with E-state index < -0.39 is 10.8 Å². The van der Waals surface area contributed by atoms with Gasteiger partial charge < -0.3 is 14.6 Å². The van der Waals surface area contributed by atoms with Crippen LogP contribution in [0.3, 0.4) is 0 Å². The van der Waals surface area contributed by atoms with E-state index in [2.05, 4.69) is 5.32 Å². The quantitative estimate of drug-likeness (QED) is 0.643. The molecule has 7 nitrogen and oxygen atoms in total. The maximum atomic E-state index is 12.0. The van der Waals surface area contributed by atoms with Gasteiger partial charge in [0.1, 0.15) is 4.92 Å². The normalized spacial score (nSPS) is 19.2. The molecule has 1 atom stereocenters. The van der Waals surface area contributed by atoms with E-state index in [0.717, 1.165) is 6.54 Å². The summed E-state index contributed by atoms with van der Waals surface area (Å²) in [6.07, 6.45) is 0. The summed E-state index contributed by atoms with van der Waals surface area (Å²) in [5.41, 5.74) is 0. The van der Waals surface area contributed by atoms with E-state index in [9.17, 15) is 14.9 Å². The van der Waals surface area contributed by atoms with Crippen molar-refractivity contribution in [2.24, 2.45) is 0 Å². The van der Waals surface area contributed by atoms with Crippen molar-refractivity contribution in [3.8, 4) is 0 Å². The van der Waals surface area contributed by atoms with Crippen LogP contribution in [-0.2, 0) is 0 Å². The second-order valence-corrected chi connectivity index (χ2v) is 4.00. The Morgan fingerprint density at radius 1 is 1.61 bits per heavy atom. The first-order valence-electron chi connectivity index (χ1n) is 5.35. The van der Waals surface area contributed by atoms with Gasteiger partial charge in [0.15, 0.2) is 5.76 Å². The summed E-state index contributed by atoms with van der Waals surface area (Å²) < 4.78 is 4.88. The van der Waals surface area contributed by atoms with Crippen LogP contribution in [0.2, 0.25) is 0 Å². The van der Waals surface area contributed by atoms with E-state index in [-0.39, 0.29) is 30.1 Å². The molecular formula is C10H14ClN3O4. The van der Waals surface area contributed by atoms with Gasteiger partial charge in [0, 0.05) is 25.7 Å². The molecule has 2 rings (SSSR count). The molecule has 1 saturated heterocycles. The molecule has 0 radical (unpaired) electrons. The van der Waals surface area contributed by atoms with Crippen molar-refractivity contribution in [2.75, 3.05) is 19.6 Å². The van der Waals surface area contributed by atoms with Gasteiger partial charge in [0.2, 0.25) is 0 Å². The van der Waals surface area contributed by atoms with Gasteiger partial charge in [-0.25, -0.2) is 0 Å². The highest BCUT2D eigenvalue weighted by atomic mass is 35.5. The standard InChI is InChI=1S/C10H13N3O4.ClH/c1-7-6-12(5-4-11-7)10(14)8-2-3-9(17-8)13(15)16;/h2-3,7,11H,4-6H2,1H3;1H/t7-;/m1./s1. The summed E-state index contributed by atoms with van der Waals surface area (Å²) in [6, 6.07) is 2.75. The minimum Gasteiger partial charge on any atom is -0.395 e. The Labute approximate surface area is 110 Å². The number of halogens is 1. The fourth-order valence-corrected chi connectivity index (χ4v) is 1.81. The maximum Gasteiger partial charge on any atom is 0.433 e. The lowest BCUT2D eigenvalue weighted by molar-refractivity contribution is -0.402.